The lowest BCUT2D eigenvalue weighted by Gasteiger charge is -2.25. The molecule has 0 fully saturated rings. The van der Waals surface area contributed by atoms with E-state index in [2.05, 4.69) is 5.10 Å². The summed E-state index contributed by atoms with van der Waals surface area (Å²) >= 11 is 0. The average molecular weight is 325 g/mol. The van der Waals surface area contributed by atoms with Gasteiger partial charge < -0.3 is 9.32 Å². The van der Waals surface area contributed by atoms with E-state index in [1.165, 1.54) is 9.91 Å². The second-order valence-electron chi connectivity index (χ2n) is 5.69. The lowest BCUT2D eigenvalue weighted by molar-refractivity contribution is -0.140. The van der Waals surface area contributed by atoms with Gasteiger partial charge in [0.1, 0.15) is 12.3 Å². The predicted octanol–water partition coefficient (Wildman–Crippen LogP) is 2.26. The molecule has 0 aliphatic carbocycles. The number of benzene rings is 1. The van der Waals surface area contributed by atoms with Crippen molar-refractivity contribution < 1.29 is 14.0 Å². The number of carbonyl (C=O) groups is 2. The number of likely N-dealkylation sites (N-methyl/N-ethyl adjacent to an activating group) is 1. The van der Waals surface area contributed by atoms with E-state index in [4.69, 9.17) is 4.42 Å². The van der Waals surface area contributed by atoms with Crippen LogP contribution in [-0.4, -0.2) is 41.0 Å². The summed E-state index contributed by atoms with van der Waals surface area (Å²) in [4.78, 5) is 25.9. The van der Waals surface area contributed by atoms with Gasteiger partial charge in [-0.25, -0.2) is 5.01 Å². The Bertz CT molecular complexity index is 738. The SMILES string of the molecule is CN(Cc1ccco1)C(=O)CN1N=C(c2ccccc2)CCC1=O. The molecule has 1 aromatic carbocycles. The third-order valence-corrected chi connectivity index (χ3v) is 3.90. The van der Waals surface area contributed by atoms with Gasteiger partial charge in [-0.1, -0.05) is 30.3 Å². The van der Waals surface area contributed by atoms with Crippen molar-refractivity contribution in [3.8, 4) is 0 Å². The van der Waals surface area contributed by atoms with Crippen LogP contribution in [0.15, 0.2) is 58.2 Å². The van der Waals surface area contributed by atoms with Gasteiger partial charge in [0.15, 0.2) is 0 Å². The Labute approximate surface area is 140 Å². The second-order valence-corrected chi connectivity index (χ2v) is 5.69. The van der Waals surface area contributed by atoms with Gasteiger partial charge >= 0.3 is 0 Å². The molecule has 124 valence electrons. The summed E-state index contributed by atoms with van der Waals surface area (Å²) in [5.74, 6) is 0.386. The van der Waals surface area contributed by atoms with Crippen LogP contribution < -0.4 is 0 Å². The summed E-state index contributed by atoms with van der Waals surface area (Å²) < 4.78 is 5.24. The van der Waals surface area contributed by atoms with E-state index in [1.807, 2.05) is 36.4 Å². The van der Waals surface area contributed by atoms with Crippen LogP contribution >= 0.6 is 0 Å². The maximum absolute atomic E-state index is 12.3. The van der Waals surface area contributed by atoms with Crippen molar-refractivity contribution in [2.75, 3.05) is 13.6 Å². The number of hydrazone groups is 1. The number of hydrogen-bond donors (Lipinski definition) is 0. The highest BCUT2D eigenvalue weighted by Crippen LogP contribution is 2.15. The van der Waals surface area contributed by atoms with Crippen LogP contribution in [0.25, 0.3) is 0 Å². The Morgan fingerprint density at radius 1 is 1.21 bits per heavy atom. The molecule has 0 N–H and O–H groups in total. The molecule has 0 spiro atoms. The molecular weight excluding hydrogens is 306 g/mol. The van der Waals surface area contributed by atoms with Crippen molar-refractivity contribution in [1.29, 1.82) is 0 Å². The molecule has 24 heavy (non-hydrogen) atoms. The first-order valence-corrected chi connectivity index (χ1v) is 7.83. The highest BCUT2D eigenvalue weighted by atomic mass is 16.3. The summed E-state index contributed by atoms with van der Waals surface area (Å²) in [6.45, 7) is 0.301. The van der Waals surface area contributed by atoms with Gasteiger partial charge in [-0.15, -0.1) is 0 Å². The number of furan rings is 1. The standard InChI is InChI=1S/C18H19N3O3/c1-20(12-15-8-5-11-24-15)18(23)13-21-17(22)10-9-16(19-21)14-6-3-2-4-7-14/h2-8,11H,9-10,12-13H2,1H3. The smallest absolute Gasteiger partial charge is 0.244 e. The molecule has 6 heteroatoms. The quantitative estimate of drug-likeness (QED) is 0.847. The molecule has 2 aromatic rings. The molecule has 0 atom stereocenters. The minimum Gasteiger partial charge on any atom is -0.467 e. The van der Waals surface area contributed by atoms with Crippen molar-refractivity contribution in [3.05, 3.63) is 60.1 Å². The molecule has 0 radical (unpaired) electrons. The molecule has 0 saturated heterocycles. The average Bonchev–Trinajstić information content (AvgIpc) is 3.10. The number of rotatable bonds is 5. The van der Waals surface area contributed by atoms with E-state index in [9.17, 15) is 9.59 Å². The van der Waals surface area contributed by atoms with Crippen molar-refractivity contribution in [1.82, 2.24) is 9.91 Å². The van der Waals surface area contributed by atoms with Crippen molar-refractivity contribution in [3.63, 3.8) is 0 Å². The van der Waals surface area contributed by atoms with E-state index in [0.29, 0.717) is 25.1 Å². The molecule has 2 amide bonds. The van der Waals surface area contributed by atoms with Crippen LogP contribution in [0, 0.1) is 0 Å². The zero-order chi connectivity index (χ0) is 16.9. The zero-order valence-corrected chi connectivity index (χ0v) is 13.5. The van der Waals surface area contributed by atoms with E-state index in [-0.39, 0.29) is 18.4 Å². The molecule has 6 nitrogen and oxygen atoms in total. The second kappa shape index (κ2) is 7.12. The number of carbonyl (C=O) groups excluding carboxylic acids is 2. The minimum atomic E-state index is -0.183. The van der Waals surface area contributed by atoms with Gasteiger partial charge in [-0.3, -0.25) is 9.59 Å². The van der Waals surface area contributed by atoms with E-state index in [1.54, 1.807) is 19.4 Å². The Balaban J connectivity index is 1.68. The molecule has 1 aliphatic heterocycles. The first-order valence-electron chi connectivity index (χ1n) is 7.83. The molecule has 1 aromatic heterocycles. The van der Waals surface area contributed by atoms with Crippen molar-refractivity contribution in [2.24, 2.45) is 5.10 Å². The third kappa shape index (κ3) is 3.71. The maximum Gasteiger partial charge on any atom is 0.244 e. The molecule has 0 unspecified atom stereocenters. The van der Waals surface area contributed by atoms with Crippen molar-refractivity contribution in [2.45, 2.75) is 19.4 Å². The number of hydrogen-bond acceptors (Lipinski definition) is 4. The fraction of sp³-hybridized carbons (Fsp3) is 0.278. The van der Waals surface area contributed by atoms with Crippen LogP contribution in [0.1, 0.15) is 24.2 Å². The lowest BCUT2D eigenvalue weighted by atomic mass is 10.0. The fourth-order valence-corrected chi connectivity index (χ4v) is 2.54. The fourth-order valence-electron chi connectivity index (χ4n) is 2.54. The molecule has 2 heterocycles. The van der Waals surface area contributed by atoms with Crippen LogP contribution in [-0.2, 0) is 16.1 Å². The van der Waals surface area contributed by atoms with Crippen LogP contribution in [0.2, 0.25) is 0 Å². The van der Waals surface area contributed by atoms with Gasteiger partial charge in [0, 0.05) is 19.9 Å². The Morgan fingerprint density at radius 3 is 2.71 bits per heavy atom. The number of nitrogens with zero attached hydrogens (tertiary/aromatic N) is 3. The van der Waals surface area contributed by atoms with Gasteiger partial charge in [-0.05, 0) is 17.7 Å². The summed E-state index contributed by atoms with van der Waals surface area (Å²) in [5, 5.41) is 5.65. The Hall–Kier alpha value is -2.89. The summed E-state index contributed by atoms with van der Waals surface area (Å²) in [5.41, 5.74) is 1.81. The molecular formula is C18H19N3O3. The van der Waals surface area contributed by atoms with Crippen molar-refractivity contribution >= 4 is 17.5 Å². The normalized spacial score (nSPS) is 14.5. The number of amides is 2. The molecule has 1 aliphatic rings. The first kappa shape index (κ1) is 16.0. The van der Waals surface area contributed by atoms with Gasteiger partial charge in [-0.2, -0.15) is 5.10 Å². The zero-order valence-electron chi connectivity index (χ0n) is 13.5. The van der Waals surface area contributed by atoms with Crippen LogP contribution in [0.4, 0.5) is 0 Å². The Morgan fingerprint density at radius 2 is 2.00 bits per heavy atom. The third-order valence-electron chi connectivity index (χ3n) is 3.90. The van der Waals surface area contributed by atoms with Crippen LogP contribution in [0.3, 0.4) is 0 Å². The minimum absolute atomic E-state index is 0.0631. The highest BCUT2D eigenvalue weighted by molar-refractivity contribution is 6.04. The maximum atomic E-state index is 12.3. The molecule has 0 bridgehead atoms. The van der Waals surface area contributed by atoms with Gasteiger partial charge in [0.05, 0.1) is 18.5 Å². The van der Waals surface area contributed by atoms with E-state index >= 15 is 0 Å². The highest BCUT2D eigenvalue weighted by Gasteiger charge is 2.24. The lowest BCUT2D eigenvalue weighted by Crippen LogP contribution is -2.40. The van der Waals surface area contributed by atoms with Crippen LogP contribution in [0.5, 0.6) is 0 Å². The summed E-state index contributed by atoms with van der Waals surface area (Å²) in [6, 6.07) is 13.3. The van der Waals surface area contributed by atoms with Gasteiger partial charge in [0.2, 0.25) is 11.8 Å². The molecule has 3 rings (SSSR count). The predicted molar refractivity (Wildman–Crippen MR) is 89.1 cm³/mol. The topological polar surface area (TPSA) is 66.1 Å². The van der Waals surface area contributed by atoms with E-state index in [0.717, 1.165) is 11.3 Å². The summed E-state index contributed by atoms with van der Waals surface area (Å²) in [6.07, 6.45) is 2.52. The Kier molecular flexibility index (Phi) is 4.74. The monoisotopic (exact) mass is 325 g/mol. The molecule has 0 saturated carbocycles. The van der Waals surface area contributed by atoms with E-state index < -0.39 is 0 Å². The first-order chi connectivity index (χ1) is 11.6. The van der Waals surface area contributed by atoms with Gasteiger partial charge in [0.25, 0.3) is 0 Å². The summed E-state index contributed by atoms with van der Waals surface area (Å²) in [7, 11) is 1.68. The largest absolute Gasteiger partial charge is 0.467 e.